The minimum absolute atomic E-state index is 0. The first-order valence-electron chi connectivity index (χ1n) is 5.87. The minimum Gasteiger partial charge on any atom is -0.341 e. The summed E-state index contributed by atoms with van der Waals surface area (Å²) in [5.74, 6) is 0.135. The highest BCUT2D eigenvalue weighted by molar-refractivity contribution is 6.42. The van der Waals surface area contributed by atoms with Crippen molar-refractivity contribution in [2.24, 2.45) is 0 Å². The van der Waals surface area contributed by atoms with Crippen LogP contribution in [0.3, 0.4) is 0 Å². The van der Waals surface area contributed by atoms with Crippen LogP contribution >= 0.6 is 35.6 Å². The predicted molar refractivity (Wildman–Crippen MR) is 83.3 cm³/mol. The smallest absolute Gasteiger partial charge is 0.222 e. The Hall–Kier alpha value is -0.480. The Labute approximate surface area is 130 Å². The van der Waals surface area contributed by atoms with Crippen LogP contribution in [0.15, 0.2) is 18.2 Å². The lowest BCUT2D eigenvalue weighted by Crippen LogP contribution is -2.26. The second kappa shape index (κ2) is 9.43. The fourth-order valence-corrected chi connectivity index (χ4v) is 1.93. The number of hydrogen-bond donors (Lipinski definition) is 1. The molecule has 0 saturated carbocycles. The van der Waals surface area contributed by atoms with Gasteiger partial charge < -0.3 is 10.2 Å². The van der Waals surface area contributed by atoms with E-state index in [-0.39, 0.29) is 18.3 Å². The number of rotatable bonds is 6. The number of carbonyl (C=O) groups is 1. The molecular formula is C13H19Cl3N2O. The lowest BCUT2D eigenvalue weighted by molar-refractivity contribution is -0.130. The fourth-order valence-electron chi connectivity index (χ4n) is 1.61. The van der Waals surface area contributed by atoms with E-state index in [2.05, 4.69) is 5.32 Å². The summed E-state index contributed by atoms with van der Waals surface area (Å²) >= 11 is 11.8. The predicted octanol–water partition coefficient (Wildman–Crippen LogP) is 3.37. The summed E-state index contributed by atoms with van der Waals surface area (Å²) in [4.78, 5) is 13.5. The van der Waals surface area contributed by atoms with Crippen molar-refractivity contribution in [2.45, 2.75) is 19.4 Å². The van der Waals surface area contributed by atoms with E-state index in [1.807, 2.05) is 13.1 Å². The van der Waals surface area contributed by atoms with Gasteiger partial charge in [0.05, 0.1) is 10.0 Å². The average molecular weight is 326 g/mol. The monoisotopic (exact) mass is 324 g/mol. The van der Waals surface area contributed by atoms with Gasteiger partial charge in [-0.15, -0.1) is 12.4 Å². The second-order valence-electron chi connectivity index (χ2n) is 4.21. The maximum Gasteiger partial charge on any atom is 0.222 e. The number of carbonyl (C=O) groups excluding carboxylic acids is 1. The third kappa shape index (κ3) is 6.48. The molecule has 0 fully saturated rings. The molecule has 0 heterocycles. The molecule has 0 spiro atoms. The summed E-state index contributed by atoms with van der Waals surface area (Å²) < 4.78 is 0. The highest BCUT2D eigenvalue weighted by atomic mass is 35.5. The molecule has 0 unspecified atom stereocenters. The van der Waals surface area contributed by atoms with Crippen LogP contribution in [0, 0.1) is 0 Å². The lowest BCUT2D eigenvalue weighted by Gasteiger charge is -2.17. The van der Waals surface area contributed by atoms with Crippen molar-refractivity contribution in [1.29, 1.82) is 0 Å². The minimum atomic E-state index is 0. The van der Waals surface area contributed by atoms with E-state index in [1.54, 1.807) is 24.1 Å². The van der Waals surface area contributed by atoms with Crippen molar-refractivity contribution < 1.29 is 4.79 Å². The van der Waals surface area contributed by atoms with Gasteiger partial charge >= 0.3 is 0 Å². The molecule has 1 aromatic rings. The van der Waals surface area contributed by atoms with Crippen molar-refractivity contribution in [3.05, 3.63) is 33.8 Å². The van der Waals surface area contributed by atoms with Crippen molar-refractivity contribution in [1.82, 2.24) is 10.2 Å². The molecule has 0 aliphatic carbocycles. The zero-order valence-corrected chi connectivity index (χ0v) is 13.4. The van der Waals surface area contributed by atoms with Crippen molar-refractivity contribution in [2.75, 3.05) is 20.6 Å². The van der Waals surface area contributed by atoms with Crippen molar-refractivity contribution >= 4 is 41.5 Å². The fraction of sp³-hybridized carbons (Fsp3) is 0.462. The molecule has 1 rings (SSSR count). The zero-order chi connectivity index (χ0) is 13.5. The number of hydrogen-bond acceptors (Lipinski definition) is 2. The van der Waals surface area contributed by atoms with E-state index in [0.29, 0.717) is 23.0 Å². The van der Waals surface area contributed by atoms with E-state index in [9.17, 15) is 4.79 Å². The number of amides is 1. The van der Waals surface area contributed by atoms with Crippen LogP contribution in [0.25, 0.3) is 0 Å². The van der Waals surface area contributed by atoms with Crippen LogP contribution in [-0.2, 0) is 11.3 Å². The molecule has 108 valence electrons. The van der Waals surface area contributed by atoms with Gasteiger partial charge in [-0.1, -0.05) is 29.3 Å². The Morgan fingerprint density at radius 3 is 2.58 bits per heavy atom. The topological polar surface area (TPSA) is 32.3 Å². The first-order valence-corrected chi connectivity index (χ1v) is 6.62. The summed E-state index contributed by atoms with van der Waals surface area (Å²) in [6.45, 7) is 1.40. The Balaban J connectivity index is 0.00000324. The number of benzene rings is 1. The van der Waals surface area contributed by atoms with E-state index in [1.165, 1.54) is 0 Å². The largest absolute Gasteiger partial charge is 0.341 e. The Bertz CT molecular complexity index is 413. The average Bonchev–Trinajstić information content (AvgIpc) is 2.34. The van der Waals surface area contributed by atoms with Gasteiger partial charge in [-0.25, -0.2) is 0 Å². The standard InChI is InChI=1S/C13H18Cl2N2O.ClH/c1-16-7-3-4-13(18)17(2)9-10-5-6-11(14)12(15)8-10;/h5-6,8,16H,3-4,7,9H2,1-2H3;1H. The van der Waals surface area contributed by atoms with Gasteiger partial charge in [0.25, 0.3) is 0 Å². The van der Waals surface area contributed by atoms with Gasteiger partial charge in [-0.3, -0.25) is 4.79 Å². The molecular weight excluding hydrogens is 307 g/mol. The molecule has 0 radical (unpaired) electrons. The normalized spacial score (nSPS) is 9.89. The Morgan fingerprint density at radius 2 is 2.00 bits per heavy atom. The summed E-state index contributed by atoms with van der Waals surface area (Å²) in [6, 6.07) is 5.42. The third-order valence-electron chi connectivity index (χ3n) is 2.65. The van der Waals surface area contributed by atoms with E-state index in [0.717, 1.165) is 18.5 Å². The maximum absolute atomic E-state index is 11.8. The van der Waals surface area contributed by atoms with Gasteiger partial charge in [0.2, 0.25) is 5.91 Å². The SMILES string of the molecule is CNCCCC(=O)N(C)Cc1ccc(Cl)c(Cl)c1.Cl. The molecule has 0 bridgehead atoms. The molecule has 0 aromatic heterocycles. The zero-order valence-electron chi connectivity index (χ0n) is 11.1. The van der Waals surface area contributed by atoms with Crippen LogP contribution < -0.4 is 5.32 Å². The molecule has 0 atom stereocenters. The van der Waals surface area contributed by atoms with Gasteiger partial charge in [0, 0.05) is 20.0 Å². The van der Waals surface area contributed by atoms with Gasteiger partial charge in [-0.2, -0.15) is 0 Å². The molecule has 6 heteroatoms. The highest BCUT2D eigenvalue weighted by Gasteiger charge is 2.09. The number of halogens is 3. The van der Waals surface area contributed by atoms with E-state index >= 15 is 0 Å². The molecule has 3 nitrogen and oxygen atoms in total. The highest BCUT2D eigenvalue weighted by Crippen LogP contribution is 2.23. The molecule has 1 aromatic carbocycles. The quantitative estimate of drug-likeness (QED) is 0.813. The first-order chi connectivity index (χ1) is 8.54. The van der Waals surface area contributed by atoms with Crippen molar-refractivity contribution in [3.8, 4) is 0 Å². The van der Waals surface area contributed by atoms with Crippen LogP contribution in [0.2, 0.25) is 10.0 Å². The third-order valence-corrected chi connectivity index (χ3v) is 3.39. The van der Waals surface area contributed by atoms with E-state index in [4.69, 9.17) is 23.2 Å². The van der Waals surface area contributed by atoms with E-state index < -0.39 is 0 Å². The first kappa shape index (κ1) is 18.5. The van der Waals surface area contributed by atoms with Crippen LogP contribution in [0.4, 0.5) is 0 Å². The van der Waals surface area contributed by atoms with Gasteiger partial charge in [0.1, 0.15) is 0 Å². The van der Waals surface area contributed by atoms with Crippen LogP contribution in [0.5, 0.6) is 0 Å². The summed E-state index contributed by atoms with van der Waals surface area (Å²) in [5.41, 5.74) is 0.980. The Morgan fingerprint density at radius 1 is 1.32 bits per heavy atom. The summed E-state index contributed by atoms with van der Waals surface area (Å²) in [7, 11) is 3.67. The molecule has 0 aliphatic heterocycles. The van der Waals surface area contributed by atoms with Crippen LogP contribution in [0.1, 0.15) is 18.4 Å². The van der Waals surface area contributed by atoms with Crippen molar-refractivity contribution in [3.63, 3.8) is 0 Å². The Kier molecular flexibility index (Phi) is 9.19. The summed E-state index contributed by atoms with van der Waals surface area (Å²) in [6.07, 6.45) is 1.40. The second-order valence-corrected chi connectivity index (χ2v) is 5.02. The summed E-state index contributed by atoms with van der Waals surface area (Å²) in [5, 5.41) is 4.07. The molecule has 19 heavy (non-hydrogen) atoms. The lowest BCUT2D eigenvalue weighted by atomic mass is 10.2. The van der Waals surface area contributed by atoms with Gasteiger partial charge in [0.15, 0.2) is 0 Å². The van der Waals surface area contributed by atoms with Gasteiger partial charge in [-0.05, 0) is 37.7 Å². The molecule has 1 N–H and O–H groups in total. The molecule has 1 amide bonds. The van der Waals surface area contributed by atoms with Crippen LogP contribution in [-0.4, -0.2) is 31.4 Å². The molecule has 0 aliphatic rings. The maximum atomic E-state index is 11.8. The number of nitrogens with zero attached hydrogens (tertiary/aromatic N) is 1. The number of nitrogens with one attached hydrogen (secondary N) is 1. The molecule has 0 saturated heterocycles.